The van der Waals surface area contributed by atoms with Gasteiger partial charge in [-0.3, -0.25) is 4.79 Å². The van der Waals surface area contributed by atoms with Crippen molar-refractivity contribution in [2.45, 2.75) is 20.4 Å². The third-order valence-corrected chi connectivity index (χ3v) is 4.90. The molecule has 0 saturated heterocycles. The Bertz CT molecular complexity index is 1190. The van der Waals surface area contributed by atoms with E-state index < -0.39 is 0 Å². The van der Waals surface area contributed by atoms with Gasteiger partial charge in [0.1, 0.15) is 11.3 Å². The summed E-state index contributed by atoms with van der Waals surface area (Å²) >= 11 is 6.29. The molecular weight excluding hydrogens is 374 g/mol. The number of fused-ring (bicyclic) bond motifs is 1. The van der Waals surface area contributed by atoms with Crippen LogP contribution < -0.4 is 10.3 Å². The predicted octanol–water partition coefficient (Wildman–Crippen LogP) is 4.57. The highest BCUT2D eigenvalue weighted by Crippen LogP contribution is 2.30. The number of ether oxygens (including phenoxy) is 1. The number of hydrogen-bond donors (Lipinski definition) is 0. The van der Waals surface area contributed by atoms with Crippen LogP contribution in [-0.2, 0) is 6.54 Å². The first kappa shape index (κ1) is 18.3. The largest absolute Gasteiger partial charge is 0.492 e. The topological polar surface area (TPSA) is 48.5 Å². The van der Waals surface area contributed by atoms with Crippen LogP contribution in [0.5, 0.6) is 5.75 Å². The second kappa shape index (κ2) is 7.52. The Kier molecular flexibility index (Phi) is 4.92. The first-order valence-electron chi connectivity index (χ1n) is 9.12. The highest BCUT2D eigenvalue weighted by molar-refractivity contribution is 6.32. The van der Waals surface area contributed by atoms with Gasteiger partial charge in [-0.2, -0.15) is 5.10 Å². The summed E-state index contributed by atoms with van der Waals surface area (Å²) in [5, 5.41) is 5.05. The van der Waals surface area contributed by atoms with Crippen molar-refractivity contribution >= 4 is 17.1 Å². The molecule has 0 radical (unpaired) electrons. The monoisotopic (exact) mass is 393 g/mol. The van der Waals surface area contributed by atoms with Crippen LogP contribution in [0.1, 0.15) is 18.1 Å². The molecule has 0 spiro atoms. The molecule has 0 aliphatic carbocycles. The number of halogens is 1. The Labute approximate surface area is 167 Å². The second-order valence-corrected chi connectivity index (χ2v) is 7.06. The number of hydrogen-bond acceptors (Lipinski definition) is 3. The zero-order valence-corrected chi connectivity index (χ0v) is 16.5. The number of aromatic nitrogens is 3. The van der Waals surface area contributed by atoms with E-state index in [9.17, 15) is 4.79 Å². The molecule has 0 fully saturated rings. The smallest absolute Gasteiger partial charge is 0.276 e. The Morgan fingerprint density at radius 1 is 1.07 bits per heavy atom. The van der Waals surface area contributed by atoms with Gasteiger partial charge in [-0.05, 0) is 43.7 Å². The van der Waals surface area contributed by atoms with E-state index >= 15 is 0 Å². The first-order chi connectivity index (χ1) is 13.5. The van der Waals surface area contributed by atoms with Gasteiger partial charge >= 0.3 is 0 Å². The van der Waals surface area contributed by atoms with E-state index in [0.29, 0.717) is 35.1 Å². The molecule has 2 aromatic heterocycles. The highest BCUT2D eigenvalue weighted by Gasteiger charge is 2.11. The summed E-state index contributed by atoms with van der Waals surface area (Å²) in [6, 6.07) is 15.5. The quantitative estimate of drug-likeness (QED) is 0.499. The van der Waals surface area contributed by atoms with Crippen LogP contribution in [0.2, 0.25) is 5.02 Å². The minimum absolute atomic E-state index is 0.0844. The van der Waals surface area contributed by atoms with Gasteiger partial charge in [0.15, 0.2) is 0 Å². The summed E-state index contributed by atoms with van der Waals surface area (Å²) in [7, 11) is 0. The Morgan fingerprint density at radius 3 is 2.57 bits per heavy atom. The minimum atomic E-state index is -0.0844. The van der Waals surface area contributed by atoms with Crippen LogP contribution in [0, 0.1) is 6.92 Å². The van der Waals surface area contributed by atoms with E-state index in [4.69, 9.17) is 16.3 Å². The lowest BCUT2D eigenvalue weighted by Crippen LogP contribution is -2.21. The zero-order valence-electron chi connectivity index (χ0n) is 15.7. The molecule has 0 saturated carbocycles. The summed E-state index contributed by atoms with van der Waals surface area (Å²) in [5.41, 5.74) is 4.24. The van der Waals surface area contributed by atoms with E-state index in [-0.39, 0.29) is 5.56 Å². The fourth-order valence-electron chi connectivity index (χ4n) is 3.11. The van der Waals surface area contributed by atoms with Crippen LogP contribution in [0.15, 0.2) is 65.7 Å². The summed E-state index contributed by atoms with van der Waals surface area (Å²) in [6.45, 7) is 5.02. The fourth-order valence-corrected chi connectivity index (χ4v) is 3.35. The lowest BCUT2D eigenvalue weighted by molar-refractivity contribution is 0.340. The summed E-state index contributed by atoms with van der Waals surface area (Å²) in [5.74, 6) is 0.636. The van der Waals surface area contributed by atoms with Crippen molar-refractivity contribution < 1.29 is 4.74 Å². The number of nitrogens with zero attached hydrogens (tertiary/aromatic N) is 3. The van der Waals surface area contributed by atoms with E-state index in [0.717, 1.165) is 11.1 Å². The van der Waals surface area contributed by atoms with Gasteiger partial charge in [0.05, 0.1) is 23.9 Å². The van der Waals surface area contributed by atoms with Crippen LogP contribution >= 0.6 is 11.6 Å². The van der Waals surface area contributed by atoms with Gasteiger partial charge < -0.3 is 9.30 Å². The molecule has 0 aliphatic rings. The van der Waals surface area contributed by atoms with E-state index in [1.54, 1.807) is 33.6 Å². The molecule has 6 heteroatoms. The average molecular weight is 394 g/mol. The van der Waals surface area contributed by atoms with E-state index in [2.05, 4.69) is 5.10 Å². The third-order valence-electron chi connectivity index (χ3n) is 4.60. The Hall–Kier alpha value is -3.05. The first-order valence-corrected chi connectivity index (χ1v) is 9.50. The van der Waals surface area contributed by atoms with E-state index in [1.807, 2.05) is 50.2 Å². The van der Waals surface area contributed by atoms with Crippen LogP contribution in [0.4, 0.5) is 0 Å². The second-order valence-electron chi connectivity index (χ2n) is 6.65. The van der Waals surface area contributed by atoms with Gasteiger partial charge in [-0.25, -0.2) is 4.52 Å². The molecule has 0 amide bonds. The van der Waals surface area contributed by atoms with Gasteiger partial charge in [-0.1, -0.05) is 41.4 Å². The number of rotatable bonds is 5. The molecule has 142 valence electrons. The Morgan fingerprint density at radius 2 is 1.86 bits per heavy atom. The van der Waals surface area contributed by atoms with Crippen molar-refractivity contribution in [1.29, 1.82) is 0 Å². The van der Waals surface area contributed by atoms with Crippen molar-refractivity contribution in [3.8, 4) is 17.0 Å². The summed E-state index contributed by atoms with van der Waals surface area (Å²) < 4.78 is 8.77. The lowest BCUT2D eigenvalue weighted by atomic mass is 10.1. The van der Waals surface area contributed by atoms with Crippen LogP contribution in [0.3, 0.4) is 0 Å². The SMILES string of the molecule is CCOc1ccc(-c2cc3c(=O)n(Cc4ccc(C)cc4)ccn3n2)cc1Cl. The molecular formula is C22H20ClN3O2. The third kappa shape index (κ3) is 3.53. The van der Waals surface area contributed by atoms with Crippen molar-refractivity contribution in [2.24, 2.45) is 0 Å². The highest BCUT2D eigenvalue weighted by atomic mass is 35.5. The van der Waals surface area contributed by atoms with Crippen LogP contribution in [-0.4, -0.2) is 20.8 Å². The molecule has 0 unspecified atom stereocenters. The minimum Gasteiger partial charge on any atom is -0.492 e. The van der Waals surface area contributed by atoms with Crippen molar-refractivity contribution in [3.63, 3.8) is 0 Å². The van der Waals surface area contributed by atoms with Gasteiger partial charge in [0.25, 0.3) is 5.56 Å². The van der Waals surface area contributed by atoms with Gasteiger partial charge in [-0.15, -0.1) is 0 Å². The molecule has 0 aliphatic heterocycles. The molecule has 2 heterocycles. The maximum absolute atomic E-state index is 12.9. The lowest BCUT2D eigenvalue weighted by Gasteiger charge is -2.06. The predicted molar refractivity (Wildman–Crippen MR) is 111 cm³/mol. The normalized spacial score (nSPS) is 11.1. The van der Waals surface area contributed by atoms with E-state index in [1.165, 1.54) is 5.56 Å². The van der Waals surface area contributed by atoms with Crippen molar-refractivity contribution in [2.75, 3.05) is 6.61 Å². The zero-order chi connectivity index (χ0) is 19.7. The van der Waals surface area contributed by atoms with Gasteiger partial charge in [0, 0.05) is 18.0 Å². The molecule has 5 nitrogen and oxygen atoms in total. The summed E-state index contributed by atoms with van der Waals surface area (Å²) in [6.07, 6.45) is 3.56. The summed E-state index contributed by atoms with van der Waals surface area (Å²) in [4.78, 5) is 12.9. The molecule has 4 aromatic rings. The number of aryl methyl sites for hydroxylation is 1. The molecule has 28 heavy (non-hydrogen) atoms. The molecule has 0 N–H and O–H groups in total. The number of benzene rings is 2. The van der Waals surface area contributed by atoms with Gasteiger partial charge in [0.2, 0.25) is 0 Å². The molecule has 0 bridgehead atoms. The molecule has 4 rings (SSSR count). The molecule has 2 aromatic carbocycles. The average Bonchev–Trinajstić information content (AvgIpc) is 3.13. The maximum atomic E-state index is 12.9. The van der Waals surface area contributed by atoms with Crippen molar-refractivity contribution in [1.82, 2.24) is 14.2 Å². The fraction of sp³-hybridized carbons (Fsp3) is 0.182. The standard InChI is InChI=1S/C22H20ClN3O2/c1-3-28-21-9-8-17(12-18(21)23)19-13-20-22(27)25(10-11-26(20)24-19)14-16-6-4-15(2)5-7-16/h4-13H,3,14H2,1-2H3. The molecule has 0 atom stereocenters. The van der Waals surface area contributed by atoms with Crippen molar-refractivity contribution in [3.05, 3.63) is 87.4 Å². The maximum Gasteiger partial charge on any atom is 0.276 e. The Balaban J connectivity index is 1.69. The van der Waals surface area contributed by atoms with Crippen LogP contribution in [0.25, 0.3) is 16.8 Å².